The molecule has 66 heavy (non-hydrogen) atoms. The zero-order valence-electron chi connectivity index (χ0n) is 37.2. The summed E-state index contributed by atoms with van der Waals surface area (Å²) in [7, 11) is 0. The molecule has 1 spiro atoms. The maximum Gasteiger partial charge on any atom is 0.268 e. The molecule has 1 saturated carbocycles. The molecule has 6 aromatic rings. The molecule has 4 aromatic carbocycles. The number of carbonyl (C=O) groups excluding carboxylic acids is 4. The van der Waals surface area contributed by atoms with E-state index in [0.29, 0.717) is 85.8 Å². The number of likely N-dealkylation sites (N-methyl/N-ethyl adjacent to an activating group) is 1. The molecular weight excluding hydrogens is 855 g/mol. The van der Waals surface area contributed by atoms with Crippen molar-refractivity contribution < 1.29 is 38.9 Å². The zero-order chi connectivity index (χ0) is 46.0. The number of ether oxygens (including phenoxy) is 2. The number of hydrogen-bond acceptors (Lipinski definition) is 9. The Bertz CT molecular complexity index is 2750. The topological polar surface area (TPSA) is 171 Å². The Morgan fingerprint density at radius 3 is 2.20 bits per heavy atom. The first-order valence-electron chi connectivity index (χ1n) is 22.9. The minimum atomic E-state index is -1.08. The zero-order valence-corrected chi connectivity index (χ0v) is 38.0. The van der Waals surface area contributed by atoms with E-state index in [0.717, 1.165) is 58.3 Å². The summed E-state index contributed by atoms with van der Waals surface area (Å²) >= 11 is 1.54. The van der Waals surface area contributed by atoms with Crippen LogP contribution < -0.4 is 25.6 Å². The van der Waals surface area contributed by atoms with Crippen LogP contribution in [-0.4, -0.2) is 64.1 Å². The minimum absolute atomic E-state index is 0.0383. The third kappa shape index (κ3) is 8.87. The van der Waals surface area contributed by atoms with Gasteiger partial charge in [0, 0.05) is 66.1 Å². The fraction of sp³-hybridized carbons (Fsp3) is 0.346. The van der Waals surface area contributed by atoms with E-state index in [2.05, 4.69) is 16.0 Å². The van der Waals surface area contributed by atoms with Gasteiger partial charge in [-0.25, -0.2) is 0 Å². The van der Waals surface area contributed by atoms with Gasteiger partial charge < -0.3 is 45.1 Å². The van der Waals surface area contributed by atoms with Crippen LogP contribution >= 0.6 is 11.3 Å². The predicted molar refractivity (Wildman–Crippen MR) is 253 cm³/mol. The first-order valence-corrected chi connectivity index (χ1v) is 23.8. The van der Waals surface area contributed by atoms with Gasteiger partial charge in [-0.15, -0.1) is 11.3 Å². The summed E-state index contributed by atoms with van der Waals surface area (Å²) in [4.78, 5) is 55.6. The maximum atomic E-state index is 13.7. The molecule has 342 valence electrons. The summed E-state index contributed by atoms with van der Waals surface area (Å²) in [6, 6.07) is 27.0. The summed E-state index contributed by atoms with van der Waals surface area (Å²) in [5.74, 6) is 0.375. The molecule has 3 aliphatic rings. The van der Waals surface area contributed by atoms with E-state index in [9.17, 15) is 29.4 Å². The Morgan fingerprint density at radius 1 is 0.788 bits per heavy atom. The maximum absolute atomic E-state index is 13.7. The number of fused-ring (bicyclic) bond motifs is 7. The summed E-state index contributed by atoms with van der Waals surface area (Å²) in [5.41, 5.74) is 5.81. The van der Waals surface area contributed by atoms with Gasteiger partial charge >= 0.3 is 0 Å². The van der Waals surface area contributed by atoms with Crippen LogP contribution in [-0.2, 0) is 33.1 Å². The molecule has 0 radical (unpaired) electrons. The predicted octanol–water partition coefficient (Wildman–Crippen LogP) is 8.80. The SMILES string of the molecule is CCN(C(=O)Cn1c(C(=O)NC2CCC(C(=O)NCCCCCCNC(=O)c3ccc4c(c3)C3(OC4)c4ccc(O)cc4Oc4cc(O)ccc43)CC2)cc2sccc21)c1cccc(C)c1. The largest absolute Gasteiger partial charge is 0.508 e. The smallest absolute Gasteiger partial charge is 0.268 e. The molecule has 2 aliphatic heterocycles. The number of nitrogens with one attached hydrogen (secondary N) is 3. The highest BCUT2D eigenvalue weighted by Crippen LogP contribution is 2.57. The van der Waals surface area contributed by atoms with E-state index in [1.54, 1.807) is 46.6 Å². The second-order valence-corrected chi connectivity index (χ2v) is 18.5. The number of carbonyl (C=O) groups is 4. The van der Waals surface area contributed by atoms with Gasteiger partial charge in [0.2, 0.25) is 11.8 Å². The molecule has 9 rings (SSSR count). The van der Waals surface area contributed by atoms with Crippen LogP contribution in [0.3, 0.4) is 0 Å². The monoisotopic (exact) mass is 909 g/mol. The number of aromatic hydroxyl groups is 2. The lowest BCUT2D eigenvalue weighted by molar-refractivity contribution is -0.126. The third-order valence-corrected chi connectivity index (χ3v) is 14.1. The number of benzene rings is 4. The number of aryl methyl sites for hydroxylation is 1. The van der Waals surface area contributed by atoms with E-state index >= 15 is 0 Å². The van der Waals surface area contributed by atoms with Crippen LogP contribution in [0.4, 0.5) is 5.69 Å². The van der Waals surface area contributed by atoms with Crippen LogP contribution in [0, 0.1) is 12.8 Å². The van der Waals surface area contributed by atoms with E-state index in [1.165, 1.54) is 12.1 Å². The fourth-order valence-electron chi connectivity index (χ4n) is 9.79. The molecule has 0 bridgehead atoms. The Labute approximate surface area is 387 Å². The van der Waals surface area contributed by atoms with E-state index in [-0.39, 0.29) is 53.6 Å². The highest BCUT2D eigenvalue weighted by molar-refractivity contribution is 7.17. The first kappa shape index (κ1) is 44.6. The van der Waals surface area contributed by atoms with Gasteiger partial charge in [-0.3, -0.25) is 19.2 Å². The molecule has 0 unspecified atom stereocenters. The third-order valence-electron chi connectivity index (χ3n) is 13.2. The number of phenols is 2. The number of nitrogens with zero attached hydrogens (tertiary/aromatic N) is 2. The van der Waals surface area contributed by atoms with Gasteiger partial charge in [0.05, 0.1) is 16.8 Å². The standard InChI is InChI=1S/C52H55N5O8S/c1-3-56(37-10-8-9-32(2)25-37)48(60)30-57-43-21-24-66-47(43)29-44(57)51(63)55-36-15-13-33(14-16-36)49(61)53-22-6-4-5-7-23-54-50(62)34-11-12-35-31-64-52(42(35)26-34)40-19-17-38(58)27-45(40)65-46-28-39(59)18-20-41(46)52/h8-12,17-21,24-29,33,36,58-59H,3-7,13-16,22-23,30-31H2,1-2H3,(H,53,61)(H,54,62)(H,55,63). The van der Waals surface area contributed by atoms with Crippen LogP contribution in [0.15, 0.2) is 96.4 Å². The number of unbranched alkanes of at least 4 members (excludes halogenated alkanes) is 3. The molecule has 1 fully saturated rings. The molecule has 1 aliphatic carbocycles. The van der Waals surface area contributed by atoms with Crippen LogP contribution in [0.5, 0.6) is 23.0 Å². The minimum Gasteiger partial charge on any atom is -0.508 e. The number of thiophene rings is 1. The first-order chi connectivity index (χ1) is 32.0. The van der Waals surface area contributed by atoms with E-state index in [1.807, 2.05) is 72.3 Å². The lowest BCUT2D eigenvalue weighted by Gasteiger charge is -2.37. The number of hydrogen-bond donors (Lipinski definition) is 5. The number of aromatic nitrogens is 1. The van der Waals surface area contributed by atoms with Crippen LogP contribution in [0.2, 0.25) is 0 Å². The second-order valence-electron chi connectivity index (χ2n) is 17.6. The summed E-state index contributed by atoms with van der Waals surface area (Å²) in [6.45, 7) is 5.93. The van der Waals surface area contributed by atoms with Crippen molar-refractivity contribution >= 4 is 50.9 Å². The lowest BCUT2D eigenvalue weighted by atomic mass is 9.77. The molecule has 0 saturated heterocycles. The summed E-state index contributed by atoms with van der Waals surface area (Å²) in [5, 5.41) is 31.8. The van der Waals surface area contributed by atoms with E-state index < -0.39 is 5.60 Å². The van der Waals surface area contributed by atoms with Gasteiger partial charge in [0.15, 0.2) is 5.60 Å². The molecular formula is C52H55N5O8S. The Kier molecular flexibility index (Phi) is 12.9. The molecule has 14 heteroatoms. The van der Waals surface area contributed by atoms with Crippen molar-refractivity contribution in [3.63, 3.8) is 0 Å². The van der Waals surface area contributed by atoms with Gasteiger partial charge in [0.25, 0.3) is 11.8 Å². The van der Waals surface area contributed by atoms with Crippen molar-refractivity contribution in [1.82, 2.24) is 20.5 Å². The second kappa shape index (κ2) is 19.1. The highest BCUT2D eigenvalue weighted by atomic mass is 32.1. The highest BCUT2D eigenvalue weighted by Gasteiger charge is 2.50. The molecule has 4 amide bonds. The van der Waals surface area contributed by atoms with Gasteiger partial charge in [-0.1, -0.05) is 31.0 Å². The fourth-order valence-corrected chi connectivity index (χ4v) is 10.6. The molecule has 13 nitrogen and oxygen atoms in total. The molecule has 4 heterocycles. The van der Waals surface area contributed by atoms with Crippen LogP contribution in [0.25, 0.3) is 10.2 Å². The Balaban J connectivity index is 0.702. The van der Waals surface area contributed by atoms with Crippen LogP contribution in [0.1, 0.15) is 107 Å². The van der Waals surface area contributed by atoms with Crippen molar-refractivity contribution in [2.75, 3.05) is 24.5 Å². The average Bonchev–Trinajstić information content (AvgIpc) is 4.02. The summed E-state index contributed by atoms with van der Waals surface area (Å²) < 4.78 is 15.4. The number of rotatable bonds is 15. The van der Waals surface area contributed by atoms with Gasteiger partial charge in [0.1, 0.15) is 35.2 Å². The van der Waals surface area contributed by atoms with Crippen molar-refractivity contribution in [2.45, 2.75) is 90.0 Å². The van der Waals surface area contributed by atoms with Crippen molar-refractivity contribution in [3.8, 4) is 23.0 Å². The van der Waals surface area contributed by atoms with Gasteiger partial charge in [-0.2, -0.15) is 0 Å². The number of anilines is 1. The van der Waals surface area contributed by atoms with Crippen molar-refractivity contribution in [3.05, 3.63) is 135 Å². The normalized spacial score (nSPS) is 16.8. The number of phenolic OH excluding ortho intramolecular Hbond substituents is 2. The quantitative estimate of drug-likeness (QED) is 0.0637. The number of amides is 4. The molecule has 2 aromatic heterocycles. The average molecular weight is 910 g/mol. The molecule has 5 N–H and O–H groups in total. The van der Waals surface area contributed by atoms with Crippen molar-refractivity contribution in [2.24, 2.45) is 5.92 Å². The van der Waals surface area contributed by atoms with Gasteiger partial charge in [-0.05, 0) is 135 Å². The Hall–Kier alpha value is -6.64. The lowest BCUT2D eigenvalue weighted by Crippen LogP contribution is -2.42. The Morgan fingerprint density at radius 2 is 1.50 bits per heavy atom. The summed E-state index contributed by atoms with van der Waals surface area (Å²) in [6.07, 6.45) is 6.22. The van der Waals surface area contributed by atoms with E-state index in [4.69, 9.17) is 9.47 Å². The molecule has 0 atom stereocenters. The van der Waals surface area contributed by atoms with Crippen molar-refractivity contribution in [1.29, 1.82) is 0 Å².